The Balaban J connectivity index is 1.74. The number of para-hydroxylation sites is 1. The van der Waals surface area contributed by atoms with E-state index in [0.29, 0.717) is 11.1 Å². The van der Waals surface area contributed by atoms with Crippen LogP contribution in [-0.2, 0) is 7.05 Å². The maximum atomic E-state index is 12.3. The third-order valence-electron chi connectivity index (χ3n) is 3.54. The molecule has 0 bridgehead atoms. The van der Waals surface area contributed by atoms with Gasteiger partial charge in [-0.1, -0.05) is 34.1 Å². The number of fused-ring (bicyclic) bond motifs is 1. The predicted molar refractivity (Wildman–Crippen MR) is 92.0 cm³/mol. The van der Waals surface area contributed by atoms with Crippen molar-refractivity contribution in [2.24, 2.45) is 7.05 Å². The van der Waals surface area contributed by atoms with Crippen molar-refractivity contribution in [1.82, 2.24) is 15.4 Å². The van der Waals surface area contributed by atoms with Crippen molar-refractivity contribution in [3.05, 3.63) is 70.3 Å². The van der Waals surface area contributed by atoms with Crippen LogP contribution < -0.4 is 10.9 Å². The lowest BCUT2D eigenvalue weighted by atomic mass is 10.2. The van der Waals surface area contributed by atoms with Crippen LogP contribution in [0.25, 0.3) is 10.9 Å². The minimum absolute atomic E-state index is 0.354. The number of hydrogen-bond donors (Lipinski definition) is 2. The number of hydrogen-bond acceptors (Lipinski definition) is 2. The Morgan fingerprint density at radius 1 is 0.957 bits per heavy atom. The number of amides is 2. The highest BCUT2D eigenvalue weighted by Crippen LogP contribution is 2.19. The van der Waals surface area contributed by atoms with E-state index in [1.165, 1.54) is 0 Å². The summed E-state index contributed by atoms with van der Waals surface area (Å²) in [6.45, 7) is 0. The minimum Gasteiger partial charge on any atom is -0.350 e. The van der Waals surface area contributed by atoms with Gasteiger partial charge in [-0.15, -0.1) is 0 Å². The van der Waals surface area contributed by atoms with Crippen molar-refractivity contribution in [3.63, 3.8) is 0 Å². The highest BCUT2D eigenvalue weighted by Gasteiger charge is 2.14. The standard InChI is InChI=1S/C17H14BrN3O2/c1-21-10-14(13-4-2-3-5-15(13)21)17(23)20-19-16(22)11-6-8-12(18)9-7-11/h2-10H,1H3,(H,19,22)(H,20,23). The van der Waals surface area contributed by atoms with Gasteiger partial charge in [0.1, 0.15) is 0 Å². The molecular formula is C17H14BrN3O2. The van der Waals surface area contributed by atoms with Gasteiger partial charge in [0, 0.05) is 34.2 Å². The average molecular weight is 372 g/mol. The number of aromatic nitrogens is 1. The van der Waals surface area contributed by atoms with Crippen molar-refractivity contribution in [1.29, 1.82) is 0 Å². The van der Waals surface area contributed by atoms with E-state index in [1.807, 2.05) is 35.9 Å². The molecule has 2 aromatic carbocycles. The van der Waals surface area contributed by atoms with Crippen LogP contribution in [0, 0.1) is 0 Å². The summed E-state index contributed by atoms with van der Waals surface area (Å²) in [5.41, 5.74) is 6.81. The molecule has 1 heterocycles. The smallest absolute Gasteiger partial charge is 0.271 e. The number of aryl methyl sites for hydroxylation is 1. The molecule has 23 heavy (non-hydrogen) atoms. The summed E-state index contributed by atoms with van der Waals surface area (Å²) in [6, 6.07) is 14.5. The Labute approximate surface area is 141 Å². The second-order valence-corrected chi connectivity index (χ2v) is 6.00. The maximum Gasteiger partial charge on any atom is 0.271 e. The van der Waals surface area contributed by atoms with Gasteiger partial charge in [-0.25, -0.2) is 0 Å². The molecule has 116 valence electrons. The van der Waals surface area contributed by atoms with Crippen LogP contribution in [0.3, 0.4) is 0 Å². The van der Waals surface area contributed by atoms with Crippen LogP contribution in [0.5, 0.6) is 0 Å². The van der Waals surface area contributed by atoms with Crippen LogP contribution in [0.1, 0.15) is 20.7 Å². The summed E-state index contributed by atoms with van der Waals surface area (Å²) in [4.78, 5) is 24.3. The van der Waals surface area contributed by atoms with Crippen molar-refractivity contribution >= 4 is 38.6 Å². The summed E-state index contributed by atoms with van der Waals surface area (Å²) in [6.07, 6.45) is 1.74. The van der Waals surface area contributed by atoms with E-state index in [0.717, 1.165) is 15.4 Å². The molecule has 2 amide bonds. The van der Waals surface area contributed by atoms with E-state index < -0.39 is 0 Å². The molecule has 0 aliphatic carbocycles. The fourth-order valence-electron chi connectivity index (χ4n) is 2.38. The highest BCUT2D eigenvalue weighted by atomic mass is 79.9. The number of hydrazine groups is 1. The van der Waals surface area contributed by atoms with Gasteiger partial charge in [0.05, 0.1) is 5.56 Å². The number of halogens is 1. The number of benzene rings is 2. The number of carbonyl (C=O) groups is 2. The zero-order valence-corrected chi connectivity index (χ0v) is 13.9. The Morgan fingerprint density at radius 2 is 1.61 bits per heavy atom. The summed E-state index contributed by atoms with van der Waals surface area (Å²) >= 11 is 3.31. The molecule has 0 spiro atoms. The Bertz CT molecular complexity index is 884. The normalized spacial score (nSPS) is 10.5. The number of rotatable bonds is 2. The second kappa shape index (κ2) is 6.26. The molecule has 6 heteroatoms. The van der Waals surface area contributed by atoms with E-state index in [9.17, 15) is 9.59 Å². The lowest BCUT2D eigenvalue weighted by Gasteiger charge is -2.07. The molecule has 3 rings (SSSR count). The summed E-state index contributed by atoms with van der Waals surface area (Å²) in [5, 5.41) is 0.838. The molecule has 2 N–H and O–H groups in total. The summed E-state index contributed by atoms with van der Waals surface area (Å²) in [7, 11) is 1.87. The molecule has 1 aromatic heterocycles. The fourth-order valence-corrected chi connectivity index (χ4v) is 2.64. The molecule has 5 nitrogen and oxygen atoms in total. The zero-order chi connectivity index (χ0) is 16.4. The van der Waals surface area contributed by atoms with E-state index in [-0.39, 0.29) is 11.8 Å². The van der Waals surface area contributed by atoms with Gasteiger partial charge in [0.2, 0.25) is 0 Å². The third-order valence-corrected chi connectivity index (χ3v) is 4.07. The van der Waals surface area contributed by atoms with Crippen molar-refractivity contribution in [2.75, 3.05) is 0 Å². The van der Waals surface area contributed by atoms with E-state index in [1.54, 1.807) is 30.5 Å². The van der Waals surface area contributed by atoms with E-state index in [4.69, 9.17) is 0 Å². The van der Waals surface area contributed by atoms with Crippen LogP contribution in [0.4, 0.5) is 0 Å². The first-order chi connectivity index (χ1) is 11.1. The Morgan fingerprint density at radius 3 is 2.35 bits per heavy atom. The quantitative estimate of drug-likeness (QED) is 0.680. The predicted octanol–water partition coefficient (Wildman–Crippen LogP) is 3.02. The molecule has 0 radical (unpaired) electrons. The van der Waals surface area contributed by atoms with Gasteiger partial charge in [-0.3, -0.25) is 20.4 Å². The maximum absolute atomic E-state index is 12.3. The molecule has 0 aliphatic heterocycles. The molecule has 0 aliphatic rings. The fraction of sp³-hybridized carbons (Fsp3) is 0.0588. The lowest BCUT2D eigenvalue weighted by Crippen LogP contribution is -2.41. The van der Waals surface area contributed by atoms with Gasteiger partial charge in [-0.05, 0) is 30.3 Å². The highest BCUT2D eigenvalue weighted by molar-refractivity contribution is 9.10. The average Bonchev–Trinajstić information content (AvgIpc) is 2.90. The third kappa shape index (κ3) is 3.12. The van der Waals surface area contributed by atoms with Crippen molar-refractivity contribution in [3.8, 4) is 0 Å². The van der Waals surface area contributed by atoms with Crippen LogP contribution >= 0.6 is 15.9 Å². The van der Waals surface area contributed by atoms with Gasteiger partial charge < -0.3 is 4.57 Å². The zero-order valence-electron chi connectivity index (χ0n) is 12.3. The first-order valence-corrected chi connectivity index (χ1v) is 7.76. The van der Waals surface area contributed by atoms with Gasteiger partial charge in [0.25, 0.3) is 11.8 Å². The van der Waals surface area contributed by atoms with Crippen molar-refractivity contribution in [2.45, 2.75) is 0 Å². The van der Waals surface area contributed by atoms with Crippen LogP contribution in [0.2, 0.25) is 0 Å². The summed E-state index contributed by atoms with van der Waals surface area (Å²) in [5.74, 6) is -0.724. The Kier molecular flexibility index (Phi) is 4.16. The van der Waals surface area contributed by atoms with Crippen LogP contribution in [0.15, 0.2) is 59.2 Å². The van der Waals surface area contributed by atoms with Crippen molar-refractivity contribution < 1.29 is 9.59 Å². The number of nitrogens with zero attached hydrogens (tertiary/aromatic N) is 1. The molecule has 0 atom stereocenters. The monoisotopic (exact) mass is 371 g/mol. The van der Waals surface area contributed by atoms with E-state index >= 15 is 0 Å². The first-order valence-electron chi connectivity index (χ1n) is 6.96. The first kappa shape index (κ1) is 15.3. The molecule has 0 saturated heterocycles. The largest absolute Gasteiger partial charge is 0.350 e. The number of carbonyl (C=O) groups excluding carboxylic acids is 2. The molecule has 0 unspecified atom stereocenters. The Hall–Kier alpha value is -2.60. The minimum atomic E-state index is -0.369. The van der Waals surface area contributed by atoms with E-state index in [2.05, 4.69) is 26.8 Å². The van der Waals surface area contributed by atoms with Gasteiger partial charge >= 0.3 is 0 Å². The molecule has 0 fully saturated rings. The second-order valence-electron chi connectivity index (χ2n) is 5.09. The molecule has 3 aromatic rings. The summed E-state index contributed by atoms with van der Waals surface area (Å²) < 4.78 is 2.76. The van der Waals surface area contributed by atoms with Crippen LogP contribution in [-0.4, -0.2) is 16.4 Å². The topological polar surface area (TPSA) is 63.1 Å². The molecular weight excluding hydrogens is 358 g/mol. The lowest BCUT2D eigenvalue weighted by molar-refractivity contribution is 0.0847. The van der Waals surface area contributed by atoms with Gasteiger partial charge in [-0.2, -0.15) is 0 Å². The SMILES string of the molecule is Cn1cc(C(=O)NNC(=O)c2ccc(Br)cc2)c2ccccc21. The number of nitrogens with one attached hydrogen (secondary N) is 2. The van der Waals surface area contributed by atoms with Gasteiger partial charge in [0.15, 0.2) is 0 Å². The molecule has 0 saturated carbocycles.